The molecule has 0 radical (unpaired) electrons. The maximum absolute atomic E-state index is 7.74. The topological polar surface area (TPSA) is 61.9 Å². The van der Waals surface area contributed by atoms with Crippen molar-refractivity contribution >= 4 is 5.84 Å². The van der Waals surface area contributed by atoms with Crippen LogP contribution in [-0.4, -0.2) is 18.4 Å². The number of nitrogens with two attached hydrogens (primary N) is 1. The molecule has 2 atom stereocenters. The summed E-state index contributed by atoms with van der Waals surface area (Å²) in [5.74, 6) is 2.20. The van der Waals surface area contributed by atoms with Gasteiger partial charge in [0.1, 0.15) is 0 Å². The summed E-state index contributed by atoms with van der Waals surface area (Å²) in [7, 11) is 0. The molecular formula is C11H21N3. The number of rotatable bonds is 3. The molecule has 1 aliphatic carbocycles. The van der Waals surface area contributed by atoms with Gasteiger partial charge in [-0.2, -0.15) is 0 Å². The summed E-state index contributed by atoms with van der Waals surface area (Å²) in [5, 5.41) is 11.1. The van der Waals surface area contributed by atoms with Crippen LogP contribution in [0.25, 0.3) is 0 Å². The lowest BCUT2D eigenvalue weighted by Crippen LogP contribution is -2.42. The fourth-order valence-corrected chi connectivity index (χ4v) is 2.56. The highest BCUT2D eigenvalue weighted by Crippen LogP contribution is 2.39. The van der Waals surface area contributed by atoms with Gasteiger partial charge in [-0.15, -0.1) is 0 Å². The van der Waals surface area contributed by atoms with Gasteiger partial charge in [0.05, 0.1) is 5.84 Å². The van der Waals surface area contributed by atoms with Gasteiger partial charge >= 0.3 is 0 Å². The molecule has 1 aliphatic heterocycles. The van der Waals surface area contributed by atoms with Crippen LogP contribution in [0.1, 0.15) is 38.5 Å². The van der Waals surface area contributed by atoms with E-state index in [2.05, 4.69) is 5.32 Å². The zero-order valence-corrected chi connectivity index (χ0v) is 8.76. The SMILES string of the molecule is N=C1CCCCC(C(CN)C2CC2)N1. The van der Waals surface area contributed by atoms with Gasteiger partial charge in [0.2, 0.25) is 0 Å². The minimum absolute atomic E-state index is 0.488. The molecule has 3 heteroatoms. The molecular weight excluding hydrogens is 174 g/mol. The maximum Gasteiger partial charge on any atom is 0.0933 e. The van der Waals surface area contributed by atoms with E-state index in [0.29, 0.717) is 12.0 Å². The molecule has 2 aliphatic rings. The van der Waals surface area contributed by atoms with Crippen molar-refractivity contribution in [3.63, 3.8) is 0 Å². The third-order valence-corrected chi connectivity index (χ3v) is 3.57. The number of amidine groups is 1. The molecule has 14 heavy (non-hydrogen) atoms. The Morgan fingerprint density at radius 1 is 1.36 bits per heavy atom. The number of hydrogen-bond donors (Lipinski definition) is 3. The Morgan fingerprint density at radius 3 is 2.79 bits per heavy atom. The molecule has 1 saturated heterocycles. The highest BCUT2D eigenvalue weighted by atomic mass is 15.0. The van der Waals surface area contributed by atoms with Crippen molar-refractivity contribution in [2.75, 3.05) is 6.54 Å². The molecule has 0 spiro atoms. The van der Waals surface area contributed by atoms with E-state index >= 15 is 0 Å². The number of hydrogen-bond acceptors (Lipinski definition) is 2. The van der Waals surface area contributed by atoms with Crippen molar-refractivity contribution in [1.82, 2.24) is 5.32 Å². The lowest BCUT2D eigenvalue weighted by molar-refractivity contribution is 0.340. The fourth-order valence-electron chi connectivity index (χ4n) is 2.56. The van der Waals surface area contributed by atoms with Gasteiger partial charge in [-0.3, -0.25) is 5.41 Å². The molecule has 1 saturated carbocycles. The normalized spacial score (nSPS) is 30.6. The van der Waals surface area contributed by atoms with E-state index < -0.39 is 0 Å². The molecule has 2 rings (SSSR count). The minimum atomic E-state index is 0.488. The van der Waals surface area contributed by atoms with E-state index in [-0.39, 0.29) is 0 Å². The van der Waals surface area contributed by atoms with Crippen LogP contribution in [0.5, 0.6) is 0 Å². The second kappa shape index (κ2) is 4.30. The molecule has 0 amide bonds. The standard InChI is InChI=1S/C11H21N3/c12-7-9(8-5-6-8)10-3-1-2-4-11(13)14-10/h8-10H,1-7,12H2,(H2,13,14). The van der Waals surface area contributed by atoms with Gasteiger partial charge in [-0.25, -0.2) is 0 Å². The van der Waals surface area contributed by atoms with Crippen LogP contribution in [-0.2, 0) is 0 Å². The van der Waals surface area contributed by atoms with E-state index in [9.17, 15) is 0 Å². The van der Waals surface area contributed by atoms with E-state index in [1.165, 1.54) is 32.1 Å². The summed E-state index contributed by atoms with van der Waals surface area (Å²) < 4.78 is 0. The zero-order chi connectivity index (χ0) is 9.97. The first-order valence-electron chi connectivity index (χ1n) is 5.85. The Kier molecular flexibility index (Phi) is 3.06. The second-order valence-corrected chi connectivity index (χ2v) is 4.71. The van der Waals surface area contributed by atoms with E-state index in [1.54, 1.807) is 0 Å². The summed E-state index contributed by atoms with van der Waals surface area (Å²) in [4.78, 5) is 0. The molecule has 3 nitrogen and oxygen atoms in total. The van der Waals surface area contributed by atoms with Crippen LogP contribution in [0.2, 0.25) is 0 Å². The van der Waals surface area contributed by atoms with Gasteiger partial charge in [0.25, 0.3) is 0 Å². The van der Waals surface area contributed by atoms with Crippen molar-refractivity contribution in [2.45, 2.75) is 44.6 Å². The first-order valence-corrected chi connectivity index (χ1v) is 5.85. The summed E-state index contributed by atoms with van der Waals surface area (Å²) in [6.07, 6.45) is 7.27. The number of nitrogens with one attached hydrogen (secondary N) is 2. The lowest BCUT2D eigenvalue weighted by Gasteiger charge is -2.26. The first kappa shape index (κ1) is 9.97. The second-order valence-electron chi connectivity index (χ2n) is 4.71. The van der Waals surface area contributed by atoms with Crippen LogP contribution >= 0.6 is 0 Å². The zero-order valence-electron chi connectivity index (χ0n) is 8.76. The molecule has 0 aromatic carbocycles. The van der Waals surface area contributed by atoms with Crippen LogP contribution in [0.15, 0.2) is 0 Å². The summed E-state index contributed by atoms with van der Waals surface area (Å²) in [6.45, 7) is 0.787. The third-order valence-electron chi connectivity index (χ3n) is 3.57. The van der Waals surface area contributed by atoms with Crippen LogP contribution in [0.3, 0.4) is 0 Å². The van der Waals surface area contributed by atoms with E-state index in [0.717, 1.165) is 24.7 Å². The molecule has 0 aromatic heterocycles. The maximum atomic E-state index is 7.74. The van der Waals surface area contributed by atoms with Crippen LogP contribution in [0.4, 0.5) is 0 Å². The Balaban J connectivity index is 1.95. The monoisotopic (exact) mass is 195 g/mol. The Hall–Kier alpha value is -0.570. The highest BCUT2D eigenvalue weighted by Gasteiger charge is 2.36. The molecule has 80 valence electrons. The quantitative estimate of drug-likeness (QED) is 0.639. The van der Waals surface area contributed by atoms with Crippen LogP contribution < -0.4 is 11.1 Å². The van der Waals surface area contributed by atoms with Gasteiger partial charge in [-0.1, -0.05) is 6.42 Å². The summed E-state index contributed by atoms with van der Waals surface area (Å²) >= 11 is 0. The van der Waals surface area contributed by atoms with Crippen molar-refractivity contribution < 1.29 is 0 Å². The molecule has 1 heterocycles. The predicted molar refractivity (Wildman–Crippen MR) is 58.4 cm³/mol. The summed E-state index contributed by atoms with van der Waals surface area (Å²) in [5.41, 5.74) is 5.83. The molecule has 4 N–H and O–H groups in total. The van der Waals surface area contributed by atoms with E-state index in [4.69, 9.17) is 11.1 Å². The van der Waals surface area contributed by atoms with Crippen molar-refractivity contribution in [1.29, 1.82) is 5.41 Å². The molecule has 2 unspecified atom stereocenters. The smallest absolute Gasteiger partial charge is 0.0933 e. The third kappa shape index (κ3) is 2.27. The average Bonchev–Trinajstić information content (AvgIpc) is 2.96. The van der Waals surface area contributed by atoms with Gasteiger partial charge < -0.3 is 11.1 Å². The molecule has 2 fully saturated rings. The first-order chi connectivity index (χ1) is 6.81. The van der Waals surface area contributed by atoms with E-state index in [1.807, 2.05) is 0 Å². The lowest BCUT2D eigenvalue weighted by atomic mass is 9.91. The Bertz CT molecular complexity index is 211. The van der Waals surface area contributed by atoms with Crippen molar-refractivity contribution in [3.8, 4) is 0 Å². The molecule has 0 aromatic rings. The van der Waals surface area contributed by atoms with Crippen LogP contribution in [0, 0.1) is 17.2 Å². The van der Waals surface area contributed by atoms with Crippen molar-refractivity contribution in [2.24, 2.45) is 17.6 Å². The molecule has 0 bridgehead atoms. The summed E-state index contributed by atoms with van der Waals surface area (Å²) in [6, 6.07) is 0.488. The van der Waals surface area contributed by atoms with Crippen molar-refractivity contribution in [3.05, 3.63) is 0 Å². The Labute approximate surface area is 86.0 Å². The van der Waals surface area contributed by atoms with Gasteiger partial charge in [0, 0.05) is 12.5 Å². The fraction of sp³-hybridized carbons (Fsp3) is 0.909. The largest absolute Gasteiger partial charge is 0.371 e. The Morgan fingerprint density at radius 2 is 2.14 bits per heavy atom. The highest BCUT2D eigenvalue weighted by molar-refractivity contribution is 5.79. The van der Waals surface area contributed by atoms with Gasteiger partial charge in [-0.05, 0) is 44.1 Å². The van der Waals surface area contributed by atoms with Gasteiger partial charge in [0.15, 0.2) is 0 Å². The predicted octanol–water partition coefficient (Wildman–Crippen LogP) is 1.48. The minimum Gasteiger partial charge on any atom is -0.371 e. The average molecular weight is 195 g/mol.